The molecule has 0 aliphatic rings. The van der Waals surface area contributed by atoms with E-state index in [-0.39, 0.29) is 22.3 Å². The number of nitrogens with zero attached hydrogens (tertiary/aromatic N) is 2. The predicted molar refractivity (Wildman–Crippen MR) is 133 cm³/mol. The number of Topliss-reactive ketones (excluding diaryl/α,β-unsaturated/α-hetero) is 1. The molecule has 0 aromatic heterocycles. The quantitative estimate of drug-likeness (QED) is 0.251. The maximum Gasteiger partial charge on any atom is 0.214 e. The van der Waals surface area contributed by atoms with Crippen LogP contribution in [0.2, 0.25) is 10.0 Å². The minimum atomic E-state index is -0.206. The summed E-state index contributed by atoms with van der Waals surface area (Å²) in [5.74, 6) is -0.359. The molecule has 0 bridgehead atoms. The van der Waals surface area contributed by atoms with Crippen LogP contribution >= 0.6 is 23.2 Å². The van der Waals surface area contributed by atoms with Crippen molar-refractivity contribution in [1.29, 1.82) is 0 Å². The highest BCUT2D eigenvalue weighted by Gasteiger charge is 2.23. The third-order valence-corrected chi connectivity index (χ3v) is 6.41. The summed E-state index contributed by atoms with van der Waals surface area (Å²) in [4.78, 5) is 13.7. The fourth-order valence-electron chi connectivity index (χ4n) is 3.62. The Bertz CT molecular complexity index is 1230. The first-order chi connectivity index (χ1) is 15.1. The van der Waals surface area contributed by atoms with Gasteiger partial charge in [0.1, 0.15) is 11.5 Å². The van der Waals surface area contributed by atoms with Crippen molar-refractivity contribution in [2.24, 2.45) is 10.2 Å². The Morgan fingerprint density at radius 2 is 1.44 bits per heavy atom. The normalized spacial score (nSPS) is 11.9. The summed E-state index contributed by atoms with van der Waals surface area (Å²) in [5.41, 5.74) is 7.03. The summed E-state index contributed by atoms with van der Waals surface area (Å²) in [6.07, 6.45) is 1.33. The lowest BCUT2D eigenvalue weighted by Gasteiger charge is -2.18. The lowest BCUT2D eigenvalue weighted by Crippen LogP contribution is -2.20. The van der Waals surface area contributed by atoms with Crippen LogP contribution in [0.5, 0.6) is 5.75 Å². The molecule has 3 aromatic carbocycles. The molecule has 1 N–H and O–H groups in total. The Kier molecular flexibility index (Phi) is 7.17. The van der Waals surface area contributed by atoms with Crippen molar-refractivity contribution < 1.29 is 9.90 Å². The summed E-state index contributed by atoms with van der Waals surface area (Å²) >= 11 is 12.0. The molecule has 0 unspecified atom stereocenters. The van der Waals surface area contributed by atoms with Crippen molar-refractivity contribution >= 4 is 40.9 Å². The molecule has 0 saturated heterocycles. The van der Waals surface area contributed by atoms with Crippen molar-refractivity contribution in [2.45, 2.75) is 34.6 Å². The Morgan fingerprint density at radius 1 is 0.875 bits per heavy atom. The number of phenols is 1. The smallest absolute Gasteiger partial charge is 0.214 e. The molecule has 0 aliphatic carbocycles. The first-order valence-electron chi connectivity index (χ1n) is 10.1. The highest BCUT2D eigenvalue weighted by molar-refractivity contribution is 6.52. The van der Waals surface area contributed by atoms with E-state index in [0.29, 0.717) is 21.7 Å². The van der Waals surface area contributed by atoms with Gasteiger partial charge in [0.2, 0.25) is 5.78 Å². The van der Waals surface area contributed by atoms with Gasteiger partial charge >= 0.3 is 0 Å². The fraction of sp³-hybridized carbons (Fsp3) is 0.192. The van der Waals surface area contributed by atoms with E-state index in [1.165, 1.54) is 23.9 Å². The van der Waals surface area contributed by atoms with Crippen LogP contribution in [0.4, 0.5) is 0 Å². The van der Waals surface area contributed by atoms with E-state index in [9.17, 15) is 9.90 Å². The standard InChI is InChI=1S/C26H24Cl2N2O2/c1-14-15(2)17(4)23(18(5)16(14)3)26(32)24(19-9-7-6-8-10-19)30-29-13-20-11-21(27)12-22(28)25(20)31/h6-13,31H,1-5H3. The number of carbonyl (C=O) groups is 1. The van der Waals surface area contributed by atoms with Crippen LogP contribution in [0.3, 0.4) is 0 Å². The number of carbonyl (C=O) groups excluding carboxylic acids is 1. The van der Waals surface area contributed by atoms with Gasteiger partial charge in [-0.05, 0) is 74.6 Å². The maximum absolute atomic E-state index is 13.7. The minimum absolute atomic E-state index is 0.110. The second-order valence-electron chi connectivity index (χ2n) is 7.71. The first kappa shape index (κ1) is 23.7. The van der Waals surface area contributed by atoms with Gasteiger partial charge in [0, 0.05) is 21.7 Å². The number of phenolic OH excluding ortho intramolecular Hbond substituents is 1. The molecule has 6 heteroatoms. The monoisotopic (exact) mass is 466 g/mol. The molecule has 0 saturated carbocycles. The van der Waals surface area contributed by atoms with Crippen LogP contribution in [0.25, 0.3) is 0 Å². The van der Waals surface area contributed by atoms with Crippen LogP contribution in [0.15, 0.2) is 52.7 Å². The van der Waals surface area contributed by atoms with Crippen molar-refractivity contribution in [3.05, 3.63) is 97.0 Å². The van der Waals surface area contributed by atoms with Crippen molar-refractivity contribution in [3.63, 3.8) is 0 Å². The van der Waals surface area contributed by atoms with Crippen LogP contribution in [-0.4, -0.2) is 22.8 Å². The molecule has 0 fully saturated rings. The van der Waals surface area contributed by atoms with E-state index >= 15 is 0 Å². The van der Waals surface area contributed by atoms with E-state index in [1.54, 1.807) is 0 Å². The molecule has 0 aliphatic heterocycles. The molecule has 0 heterocycles. The van der Waals surface area contributed by atoms with Crippen LogP contribution in [-0.2, 0) is 0 Å². The van der Waals surface area contributed by atoms with Gasteiger partial charge in [-0.3, -0.25) is 4.79 Å². The molecule has 3 aromatic rings. The molecule has 0 spiro atoms. The lowest BCUT2D eigenvalue weighted by atomic mass is 9.86. The van der Waals surface area contributed by atoms with Crippen LogP contribution < -0.4 is 0 Å². The molecule has 0 amide bonds. The van der Waals surface area contributed by atoms with Gasteiger partial charge in [-0.1, -0.05) is 53.5 Å². The van der Waals surface area contributed by atoms with Gasteiger partial charge in [-0.25, -0.2) is 0 Å². The number of aromatic hydroxyl groups is 1. The summed E-state index contributed by atoms with van der Waals surface area (Å²) in [6, 6.07) is 12.2. The molecular formula is C26H24Cl2N2O2. The Morgan fingerprint density at radius 3 is 2.03 bits per heavy atom. The molecule has 4 nitrogen and oxygen atoms in total. The average molecular weight is 467 g/mol. The number of hydrogen-bond acceptors (Lipinski definition) is 4. The number of hydrogen-bond donors (Lipinski definition) is 1. The average Bonchev–Trinajstić information content (AvgIpc) is 2.77. The van der Waals surface area contributed by atoms with Gasteiger partial charge < -0.3 is 5.11 Å². The maximum atomic E-state index is 13.7. The SMILES string of the molecule is Cc1c(C)c(C)c(C(=O)C(=NN=Cc2cc(Cl)cc(Cl)c2O)c2ccccc2)c(C)c1C. The molecule has 32 heavy (non-hydrogen) atoms. The largest absolute Gasteiger partial charge is 0.506 e. The van der Waals surface area contributed by atoms with Gasteiger partial charge in [0.25, 0.3) is 0 Å². The van der Waals surface area contributed by atoms with Gasteiger partial charge in [-0.15, -0.1) is 5.10 Å². The highest BCUT2D eigenvalue weighted by atomic mass is 35.5. The topological polar surface area (TPSA) is 62.0 Å². The van der Waals surface area contributed by atoms with Crippen LogP contribution in [0, 0.1) is 34.6 Å². The molecule has 0 atom stereocenters. The summed E-state index contributed by atoms with van der Waals surface area (Å²) in [6.45, 7) is 10.0. The Hall–Kier alpha value is -2.95. The van der Waals surface area contributed by atoms with Crippen molar-refractivity contribution in [2.75, 3.05) is 0 Å². The number of ketones is 1. The Balaban J connectivity index is 2.15. The number of halogens is 2. The summed E-state index contributed by atoms with van der Waals surface area (Å²) in [5, 5.41) is 19.0. The van der Waals surface area contributed by atoms with Gasteiger partial charge in [-0.2, -0.15) is 5.10 Å². The number of rotatable bonds is 5. The second kappa shape index (κ2) is 9.68. The number of benzene rings is 3. The second-order valence-corrected chi connectivity index (χ2v) is 8.56. The van der Waals surface area contributed by atoms with E-state index in [1.807, 2.05) is 58.0 Å². The molecule has 0 radical (unpaired) electrons. The van der Waals surface area contributed by atoms with E-state index in [0.717, 1.165) is 22.3 Å². The van der Waals surface area contributed by atoms with Crippen molar-refractivity contribution in [3.8, 4) is 5.75 Å². The zero-order valence-corrected chi connectivity index (χ0v) is 20.1. The molecule has 164 valence electrons. The van der Waals surface area contributed by atoms with E-state index < -0.39 is 0 Å². The predicted octanol–water partition coefficient (Wildman–Crippen LogP) is 6.95. The minimum Gasteiger partial charge on any atom is -0.506 e. The first-order valence-corrected chi connectivity index (χ1v) is 10.8. The zero-order chi connectivity index (χ0) is 23.6. The Labute approximate surface area is 198 Å². The zero-order valence-electron chi connectivity index (χ0n) is 18.6. The van der Waals surface area contributed by atoms with E-state index in [4.69, 9.17) is 23.2 Å². The summed E-state index contributed by atoms with van der Waals surface area (Å²) < 4.78 is 0. The van der Waals surface area contributed by atoms with Gasteiger partial charge in [0.05, 0.1) is 11.2 Å². The van der Waals surface area contributed by atoms with Crippen molar-refractivity contribution in [1.82, 2.24) is 0 Å². The highest BCUT2D eigenvalue weighted by Crippen LogP contribution is 2.30. The third kappa shape index (κ3) is 4.62. The fourth-order valence-corrected chi connectivity index (χ4v) is 4.13. The van der Waals surface area contributed by atoms with Crippen LogP contribution in [0.1, 0.15) is 49.3 Å². The molecule has 3 rings (SSSR count). The lowest BCUT2D eigenvalue weighted by molar-refractivity contribution is 0.106. The summed E-state index contributed by atoms with van der Waals surface area (Å²) in [7, 11) is 0. The van der Waals surface area contributed by atoms with E-state index in [2.05, 4.69) is 17.1 Å². The third-order valence-electron chi connectivity index (χ3n) is 5.90. The molecular weight excluding hydrogens is 443 g/mol. The van der Waals surface area contributed by atoms with Gasteiger partial charge in [0.15, 0.2) is 0 Å².